The molecule has 4 nitrogen and oxygen atoms in total. The molecule has 0 aliphatic carbocycles. The number of para-hydroxylation sites is 1. The molecule has 0 saturated carbocycles. The molecule has 1 aromatic carbocycles. The van der Waals surface area contributed by atoms with E-state index in [0.29, 0.717) is 6.54 Å². The van der Waals surface area contributed by atoms with Crippen LogP contribution in [0.1, 0.15) is 31.1 Å². The van der Waals surface area contributed by atoms with E-state index in [1.165, 1.54) is 11.0 Å². The van der Waals surface area contributed by atoms with E-state index in [4.69, 9.17) is 0 Å². The van der Waals surface area contributed by atoms with Crippen molar-refractivity contribution in [2.75, 3.05) is 13.1 Å². The van der Waals surface area contributed by atoms with Gasteiger partial charge in [-0.1, -0.05) is 12.1 Å². The number of aliphatic hydroxyl groups is 1. The first-order chi connectivity index (χ1) is 7.85. The number of nitrogens with zero attached hydrogens (tertiary/aromatic N) is 1. The molecule has 1 aromatic rings. The van der Waals surface area contributed by atoms with Crippen LogP contribution in [0.5, 0.6) is 5.75 Å². The van der Waals surface area contributed by atoms with E-state index in [0.717, 1.165) is 0 Å². The maximum Gasteiger partial charge on any atom is 0.257 e. The van der Waals surface area contributed by atoms with Crippen molar-refractivity contribution < 1.29 is 15.0 Å². The molecule has 0 radical (unpaired) electrons. The van der Waals surface area contributed by atoms with Gasteiger partial charge in [0, 0.05) is 13.1 Å². The van der Waals surface area contributed by atoms with E-state index in [2.05, 4.69) is 0 Å². The Morgan fingerprint density at radius 3 is 2.41 bits per heavy atom. The van der Waals surface area contributed by atoms with Crippen molar-refractivity contribution in [2.24, 2.45) is 0 Å². The van der Waals surface area contributed by atoms with E-state index < -0.39 is 5.60 Å². The fourth-order valence-corrected chi connectivity index (χ4v) is 1.62. The van der Waals surface area contributed by atoms with Crippen LogP contribution >= 0.6 is 0 Å². The molecule has 0 aliphatic rings. The lowest BCUT2D eigenvalue weighted by molar-refractivity contribution is 0.0313. The number of benzene rings is 1. The third kappa shape index (κ3) is 3.75. The van der Waals surface area contributed by atoms with Gasteiger partial charge in [-0.2, -0.15) is 0 Å². The molecule has 0 fully saturated rings. The summed E-state index contributed by atoms with van der Waals surface area (Å²) in [6.45, 7) is 5.85. The Morgan fingerprint density at radius 1 is 1.35 bits per heavy atom. The molecule has 4 heteroatoms. The van der Waals surface area contributed by atoms with Gasteiger partial charge in [0.15, 0.2) is 0 Å². The van der Waals surface area contributed by atoms with Crippen LogP contribution in [0, 0.1) is 0 Å². The van der Waals surface area contributed by atoms with Crippen LogP contribution < -0.4 is 0 Å². The molecule has 0 saturated heterocycles. The third-order valence-corrected chi connectivity index (χ3v) is 2.38. The standard InChI is InChI=1S/C13H19NO3/c1-4-14(9-13(2,3)17)12(16)10-7-5-6-8-11(10)15/h5-8,15,17H,4,9H2,1-3H3. The topological polar surface area (TPSA) is 60.8 Å². The van der Waals surface area contributed by atoms with Crippen LogP contribution in [0.2, 0.25) is 0 Å². The van der Waals surface area contributed by atoms with Gasteiger partial charge in [-0.25, -0.2) is 0 Å². The fourth-order valence-electron chi connectivity index (χ4n) is 1.62. The number of carbonyl (C=O) groups is 1. The number of rotatable bonds is 4. The van der Waals surface area contributed by atoms with Crippen molar-refractivity contribution >= 4 is 5.91 Å². The Bertz CT molecular complexity index is 396. The third-order valence-electron chi connectivity index (χ3n) is 2.38. The summed E-state index contributed by atoms with van der Waals surface area (Å²) in [7, 11) is 0. The number of hydrogen-bond donors (Lipinski definition) is 2. The Labute approximate surface area is 101 Å². The van der Waals surface area contributed by atoms with Crippen molar-refractivity contribution in [1.29, 1.82) is 0 Å². The van der Waals surface area contributed by atoms with Gasteiger partial charge in [-0.05, 0) is 32.9 Å². The van der Waals surface area contributed by atoms with Crippen molar-refractivity contribution in [1.82, 2.24) is 4.90 Å². The molecule has 1 amide bonds. The largest absolute Gasteiger partial charge is 0.507 e. The molecule has 0 bridgehead atoms. The molecule has 2 N–H and O–H groups in total. The highest BCUT2D eigenvalue weighted by molar-refractivity contribution is 5.96. The summed E-state index contributed by atoms with van der Waals surface area (Å²) < 4.78 is 0. The molecule has 0 heterocycles. The fraction of sp³-hybridized carbons (Fsp3) is 0.462. The summed E-state index contributed by atoms with van der Waals surface area (Å²) in [6.07, 6.45) is 0. The normalized spacial score (nSPS) is 11.3. The molecular formula is C13H19NO3. The summed E-state index contributed by atoms with van der Waals surface area (Å²) in [6, 6.07) is 6.42. The van der Waals surface area contributed by atoms with Crippen molar-refractivity contribution in [2.45, 2.75) is 26.4 Å². The van der Waals surface area contributed by atoms with Gasteiger partial charge < -0.3 is 15.1 Å². The predicted octanol–water partition coefficient (Wildman–Crippen LogP) is 1.63. The van der Waals surface area contributed by atoms with Gasteiger partial charge in [0.2, 0.25) is 0 Å². The summed E-state index contributed by atoms with van der Waals surface area (Å²) in [4.78, 5) is 13.6. The number of aromatic hydroxyl groups is 1. The summed E-state index contributed by atoms with van der Waals surface area (Å²) >= 11 is 0. The van der Waals surface area contributed by atoms with E-state index in [-0.39, 0.29) is 23.8 Å². The highest BCUT2D eigenvalue weighted by atomic mass is 16.3. The van der Waals surface area contributed by atoms with Crippen LogP contribution in [-0.2, 0) is 0 Å². The van der Waals surface area contributed by atoms with Gasteiger partial charge in [0.05, 0.1) is 11.2 Å². The maximum absolute atomic E-state index is 12.1. The van der Waals surface area contributed by atoms with Gasteiger partial charge >= 0.3 is 0 Å². The van der Waals surface area contributed by atoms with Gasteiger partial charge in [-0.15, -0.1) is 0 Å². The number of carbonyl (C=O) groups excluding carboxylic acids is 1. The smallest absolute Gasteiger partial charge is 0.257 e. The first-order valence-corrected chi connectivity index (χ1v) is 5.65. The second-order valence-corrected chi connectivity index (χ2v) is 4.65. The molecule has 0 atom stereocenters. The Hall–Kier alpha value is -1.55. The molecule has 94 valence electrons. The maximum atomic E-state index is 12.1. The first kappa shape index (κ1) is 13.5. The second kappa shape index (κ2) is 5.19. The zero-order valence-corrected chi connectivity index (χ0v) is 10.5. The van der Waals surface area contributed by atoms with E-state index in [9.17, 15) is 15.0 Å². The van der Waals surface area contributed by atoms with Gasteiger partial charge in [-0.3, -0.25) is 4.79 Å². The Balaban J connectivity index is 2.91. The van der Waals surface area contributed by atoms with Crippen molar-refractivity contribution in [3.05, 3.63) is 29.8 Å². The lowest BCUT2D eigenvalue weighted by atomic mass is 10.1. The molecule has 0 spiro atoms. The van der Waals surface area contributed by atoms with Gasteiger partial charge in [0.25, 0.3) is 5.91 Å². The monoisotopic (exact) mass is 237 g/mol. The summed E-state index contributed by atoms with van der Waals surface area (Å²) in [5.74, 6) is -0.306. The number of amides is 1. The minimum atomic E-state index is -0.948. The minimum absolute atomic E-state index is 0.0355. The molecular weight excluding hydrogens is 218 g/mol. The highest BCUT2D eigenvalue weighted by Gasteiger charge is 2.23. The second-order valence-electron chi connectivity index (χ2n) is 4.65. The van der Waals surface area contributed by atoms with E-state index in [1.54, 1.807) is 32.0 Å². The lowest BCUT2D eigenvalue weighted by Gasteiger charge is -2.28. The number of phenolic OH excluding ortho intramolecular Hbond substituents is 1. The molecule has 17 heavy (non-hydrogen) atoms. The van der Waals surface area contributed by atoms with Crippen LogP contribution in [0.15, 0.2) is 24.3 Å². The summed E-state index contributed by atoms with van der Waals surface area (Å²) in [5.41, 5.74) is -0.686. The molecule has 1 rings (SSSR count). The quantitative estimate of drug-likeness (QED) is 0.836. The highest BCUT2D eigenvalue weighted by Crippen LogP contribution is 2.18. The van der Waals surface area contributed by atoms with Crippen LogP contribution in [0.25, 0.3) is 0 Å². The first-order valence-electron chi connectivity index (χ1n) is 5.65. The Kier molecular flexibility index (Phi) is 4.12. The molecule has 0 unspecified atom stereocenters. The van der Waals surface area contributed by atoms with E-state index in [1.807, 2.05) is 6.92 Å². The van der Waals surface area contributed by atoms with Crippen LogP contribution in [0.3, 0.4) is 0 Å². The van der Waals surface area contributed by atoms with Crippen molar-refractivity contribution in [3.8, 4) is 5.75 Å². The number of phenols is 1. The number of hydrogen-bond acceptors (Lipinski definition) is 3. The van der Waals surface area contributed by atoms with Crippen molar-refractivity contribution in [3.63, 3.8) is 0 Å². The molecule has 0 aromatic heterocycles. The van der Waals surface area contributed by atoms with Crippen LogP contribution in [-0.4, -0.2) is 39.7 Å². The zero-order valence-electron chi connectivity index (χ0n) is 10.5. The Morgan fingerprint density at radius 2 is 1.94 bits per heavy atom. The summed E-state index contributed by atoms with van der Waals surface area (Å²) in [5, 5.41) is 19.3. The van der Waals surface area contributed by atoms with Crippen LogP contribution in [0.4, 0.5) is 0 Å². The minimum Gasteiger partial charge on any atom is -0.507 e. The van der Waals surface area contributed by atoms with Gasteiger partial charge in [0.1, 0.15) is 5.75 Å². The number of likely N-dealkylation sites (N-methyl/N-ethyl adjacent to an activating group) is 1. The molecule has 0 aliphatic heterocycles. The van der Waals surface area contributed by atoms with E-state index >= 15 is 0 Å². The predicted molar refractivity (Wildman–Crippen MR) is 66.0 cm³/mol. The average Bonchev–Trinajstić information content (AvgIpc) is 2.24. The lowest BCUT2D eigenvalue weighted by Crippen LogP contribution is -2.42. The zero-order chi connectivity index (χ0) is 13.1. The SMILES string of the molecule is CCN(CC(C)(C)O)C(=O)c1ccccc1O. The average molecular weight is 237 g/mol.